The number of unbranched alkanes of at least 4 members (excludes halogenated alkanes) is 3. The minimum Gasteiger partial charge on any atom is -0.456 e. The van der Waals surface area contributed by atoms with Crippen LogP contribution in [-0.4, -0.2) is 60.1 Å². The number of nitrogens with two attached hydrogens (primary N) is 1. The molecule has 0 atom stereocenters. The van der Waals surface area contributed by atoms with Crippen LogP contribution in [0, 0.1) is 0 Å². The van der Waals surface area contributed by atoms with E-state index in [2.05, 4.69) is 20.7 Å². The molecule has 0 bridgehead atoms. The van der Waals surface area contributed by atoms with Gasteiger partial charge in [-0.15, -0.1) is 0 Å². The summed E-state index contributed by atoms with van der Waals surface area (Å²) < 4.78 is 34.5. The van der Waals surface area contributed by atoms with Gasteiger partial charge in [0, 0.05) is 30.3 Å². The number of furan rings is 1. The number of carbonyl (C=O) groups excluding carboxylic acids is 1. The fraction of sp³-hybridized carbons (Fsp3) is 0.536. The van der Waals surface area contributed by atoms with Crippen molar-refractivity contribution >= 4 is 37.9 Å². The lowest BCUT2D eigenvalue weighted by Gasteiger charge is -2.09. The van der Waals surface area contributed by atoms with Gasteiger partial charge >= 0.3 is 0 Å². The maximum Gasteiger partial charge on any atom is 0.241 e. The summed E-state index contributed by atoms with van der Waals surface area (Å²) in [5.74, 6) is 0.0487. The highest BCUT2D eigenvalue weighted by atomic mass is 32.2. The Bertz CT molecular complexity index is 1230. The molecule has 0 spiro atoms. The highest BCUT2D eigenvalue weighted by Gasteiger charge is 2.20. The number of rotatable bonds is 20. The number of hydrogen-bond donors (Lipinski definition) is 5. The molecular weight excluding hydrogens is 502 g/mol. The molecule has 0 saturated heterocycles. The van der Waals surface area contributed by atoms with Crippen LogP contribution in [0.15, 0.2) is 51.8 Å². The van der Waals surface area contributed by atoms with E-state index in [1.54, 1.807) is 18.2 Å². The van der Waals surface area contributed by atoms with E-state index in [9.17, 15) is 13.2 Å². The van der Waals surface area contributed by atoms with E-state index in [1.807, 2.05) is 24.3 Å². The topological polar surface area (TPSA) is 138 Å². The van der Waals surface area contributed by atoms with Crippen LogP contribution in [0.2, 0.25) is 0 Å². The van der Waals surface area contributed by atoms with Crippen LogP contribution in [-0.2, 0) is 14.8 Å². The molecule has 9 nitrogen and oxygen atoms in total. The second-order valence-corrected chi connectivity index (χ2v) is 11.2. The molecule has 0 aliphatic rings. The van der Waals surface area contributed by atoms with Crippen molar-refractivity contribution in [2.75, 3.05) is 45.8 Å². The largest absolute Gasteiger partial charge is 0.456 e. The molecule has 0 unspecified atom stereocenters. The molecule has 2 aromatic carbocycles. The average Bonchev–Trinajstić information content (AvgIpc) is 3.30. The lowest BCUT2D eigenvalue weighted by atomic mass is 10.1. The lowest BCUT2D eigenvalue weighted by Crippen LogP contribution is -2.28. The fourth-order valence-corrected chi connectivity index (χ4v) is 5.65. The van der Waals surface area contributed by atoms with Crippen LogP contribution in [0.25, 0.3) is 21.9 Å². The molecule has 0 radical (unpaired) electrons. The SMILES string of the molecule is NCCCNCCCCNCCCNC(=O)CCCCCNS(=O)(=O)c1cccc2oc3ccccc3c12. The second kappa shape index (κ2) is 16.5. The Morgan fingerprint density at radius 3 is 2.21 bits per heavy atom. The molecule has 0 aliphatic heterocycles. The Hall–Kier alpha value is -2.50. The predicted octanol–water partition coefficient (Wildman–Crippen LogP) is 3.24. The Labute approximate surface area is 226 Å². The first-order valence-corrected chi connectivity index (χ1v) is 15.3. The highest BCUT2D eigenvalue weighted by Crippen LogP contribution is 2.33. The summed E-state index contributed by atoms with van der Waals surface area (Å²) in [5.41, 5.74) is 6.68. The maximum atomic E-state index is 13.0. The van der Waals surface area contributed by atoms with Gasteiger partial charge in [0.25, 0.3) is 0 Å². The van der Waals surface area contributed by atoms with Crippen molar-refractivity contribution in [3.8, 4) is 0 Å². The molecule has 1 amide bonds. The second-order valence-electron chi connectivity index (χ2n) is 9.49. The minimum atomic E-state index is -3.68. The van der Waals surface area contributed by atoms with E-state index in [4.69, 9.17) is 10.2 Å². The van der Waals surface area contributed by atoms with Crippen LogP contribution < -0.4 is 26.4 Å². The Morgan fingerprint density at radius 1 is 0.737 bits per heavy atom. The maximum absolute atomic E-state index is 13.0. The average molecular weight is 546 g/mol. The molecule has 1 heterocycles. The van der Waals surface area contributed by atoms with Gasteiger partial charge in [-0.3, -0.25) is 4.79 Å². The molecule has 10 heteroatoms. The summed E-state index contributed by atoms with van der Waals surface area (Å²) in [5, 5.41) is 11.1. The zero-order chi connectivity index (χ0) is 27.1. The molecule has 1 aromatic heterocycles. The van der Waals surface area contributed by atoms with E-state index in [-0.39, 0.29) is 10.8 Å². The van der Waals surface area contributed by atoms with E-state index in [1.165, 1.54) is 0 Å². The molecular formula is C28H43N5O4S. The van der Waals surface area contributed by atoms with Crippen LogP contribution in [0.1, 0.15) is 51.4 Å². The number of para-hydroxylation sites is 1. The first kappa shape index (κ1) is 30.0. The molecule has 38 heavy (non-hydrogen) atoms. The predicted molar refractivity (Wildman–Crippen MR) is 154 cm³/mol. The van der Waals surface area contributed by atoms with E-state index in [0.29, 0.717) is 42.5 Å². The smallest absolute Gasteiger partial charge is 0.241 e. The van der Waals surface area contributed by atoms with E-state index < -0.39 is 10.0 Å². The standard InChI is InChI=1S/C28H43N5O4S/c29-16-9-19-30-17-6-7-18-31-20-10-21-32-27(34)15-2-1-5-22-33-38(35,36)26-14-8-13-25-28(26)23-11-3-4-12-24(23)37-25/h3-4,8,11-14,30-31,33H,1-2,5-7,9-10,15-22,29H2,(H,32,34). The molecule has 210 valence electrons. The van der Waals surface area contributed by atoms with Crippen molar-refractivity contribution in [3.63, 3.8) is 0 Å². The number of nitrogens with one attached hydrogen (secondary N) is 4. The van der Waals surface area contributed by atoms with Gasteiger partial charge in [-0.05, 0) is 89.4 Å². The van der Waals surface area contributed by atoms with Gasteiger partial charge in [0.05, 0.1) is 4.90 Å². The molecule has 6 N–H and O–H groups in total. The van der Waals surface area contributed by atoms with Crippen molar-refractivity contribution in [2.24, 2.45) is 5.73 Å². The van der Waals surface area contributed by atoms with Crippen LogP contribution >= 0.6 is 0 Å². The fourth-order valence-electron chi connectivity index (χ4n) is 4.34. The van der Waals surface area contributed by atoms with Crippen molar-refractivity contribution in [1.29, 1.82) is 0 Å². The summed E-state index contributed by atoms with van der Waals surface area (Å²) in [6.07, 6.45) is 6.83. The quantitative estimate of drug-likeness (QED) is 0.137. The summed E-state index contributed by atoms with van der Waals surface area (Å²) in [6, 6.07) is 12.5. The number of fused-ring (bicyclic) bond motifs is 3. The number of benzene rings is 2. The number of amides is 1. The van der Waals surface area contributed by atoms with E-state index in [0.717, 1.165) is 76.6 Å². The van der Waals surface area contributed by atoms with Gasteiger partial charge in [0.1, 0.15) is 11.2 Å². The van der Waals surface area contributed by atoms with Crippen LogP contribution in [0.5, 0.6) is 0 Å². The summed E-state index contributed by atoms with van der Waals surface area (Å²) in [4.78, 5) is 12.3. The number of sulfonamides is 1. The van der Waals surface area contributed by atoms with Crippen molar-refractivity contribution in [3.05, 3.63) is 42.5 Å². The summed E-state index contributed by atoms with van der Waals surface area (Å²) >= 11 is 0. The molecule has 0 saturated carbocycles. The third-order valence-corrected chi connectivity index (χ3v) is 7.90. The zero-order valence-corrected chi connectivity index (χ0v) is 23.1. The first-order valence-electron chi connectivity index (χ1n) is 13.8. The van der Waals surface area contributed by atoms with Gasteiger partial charge < -0.3 is 26.1 Å². The first-order chi connectivity index (χ1) is 18.5. The Balaban J connectivity index is 1.23. The summed E-state index contributed by atoms with van der Waals surface area (Å²) in [7, 11) is -3.68. The number of hydrogen-bond acceptors (Lipinski definition) is 7. The highest BCUT2D eigenvalue weighted by molar-refractivity contribution is 7.89. The van der Waals surface area contributed by atoms with E-state index >= 15 is 0 Å². The van der Waals surface area contributed by atoms with Gasteiger partial charge in [-0.1, -0.05) is 30.7 Å². The molecule has 0 fully saturated rings. The normalized spacial score (nSPS) is 11.9. The Kier molecular flexibility index (Phi) is 13.0. The third kappa shape index (κ3) is 9.67. The van der Waals surface area contributed by atoms with Crippen molar-refractivity contribution in [1.82, 2.24) is 20.7 Å². The minimum absolute atomic E-state index is 0.0487. The van der Waals surface area contributed by atoms with Crippen LogP contribution in [0.3, 0.4) is 0 Å². The van der Waals surface area contributed by atoms with Gasteiger partial charge in [0.15, 0.2) is 0 Å². The zero-order valence-electron chi connectivity index (χ0n) is 22.3. The summed E-state index contributed by atoms with van der Waals surface area (Å²) in [6.45, 7) is 5.63. The van der Waals surface area contributed by atoms with Gasteiger partial charge in [0.2, 0.25) is 15.9 Å². The van der Waals surface area contributed by atoms with Gasteiger partial charge in [-0.2, -0.15) is 0 Å². The van der Waals surface area contributed by atoms with Crippen molar-refractivity contribution < 1.29 is 17.6 Å². The van der Waals surface area contributed by atoms with Crippen LogP contribution in [0.4, 0.5) is 0 Å². The number of carbonyl (C=O) groups is 1. The molecule has 3 aromatic rings. The third-order valence-electron chi connectivity index (χ3n) is 6.39. The van der Waals surface area contributed by atoms with Crippen molar-refractivity contribution in [2.45, 2.75) is 56.3 Å². The Morgan fingerprint density at radius 2 is 1.42 bits per heavy atom. The molecule has 0 aliphatic carbocycles. The lowest BCUT2D eigenvalue weighted by molar-refractivity contribution is -0.121. The molecule has 3 rings (SSSR count). The van der Waals surface area contributed by atoms with Gasteiger partial charge in [-0.25, -0.2) is 13.1 Å². The monoisotopic (exact) mass is 545 g/mol.